The van der Waals surface area contributed by atoms with Crippen LogP contribution in [-0.2, 0) is 12.7 Å². The van der Waals surface area contributed by atoms with Gasteiger partial charge < -0.3 is 9.64 Å². The van der Waals surface area contributed by atoms with E-state index in [1.165, 1.54) is 13.2 Å². The van der Waals surface area contributed by atoms with E-state index in [0.717, 1.165) is 22.3 Å². The smallest absolute Gasteiger partial charge is 0.434 e. The summed E-state index contributed by atoms with van der Waals surface area (Å²) in [4.78, 5) is 7.67. The largest absolute Gasteiger partial charge is 0.494 e. The first-order valence-corrected chi connectivity index (χ1v) is 8.57. The van der Waals surface area contributed by atoms with Crippen LogP contribution in [0.25, 0.3) is 0 Å². The molecule has 1 saturated heterocycles. The Kier molecular flexibility index (Phi) is 5.14. The van der Waals surface area contributed by atoms with Gasteiger partial charge in [-0.1, -0.05) is 6.07 Å². The molecule has 1 aromatic carbocycles. The third kappa shape index (κ3) is 4.21. The van der Waals surface area contributed by atoms with E-state index >= 15 is 0 Å². The summed E-state index contributed by atoms with van der Waals surface area (Å²) in [5.74, 6) is -0.195. The molecule has 0 aliphatic carbocycles. The van der Waals surface area contributed by atoms with Gasteiger partial charge in [0.25, 0.3) is 0 Å². The highest BCUT2D eigenvalue weighted by atomic mass is 32.1. The molecule has 136 valence electrons. The highest BCUT2D eigenvalue weighted by molar-refractivity contribution is 7.13. The molecule has 0 amide bonds. The molecule has 2 heterocycles. The normalized spacial score (nSPS) is 16.3. The molecule has 0 unspecified atom stereocenters. The number of hydrogen-bond acceptors (Lipinski definition) is 5. The molecule has 1 aliphatic rings. The predicted molar refractivity (Wildman–Crippen MR) is 87.6 cm³/mol. The molecule has 0 bridgehead atoms. The number of piperazine rings is 1. The van der Waals surface area contributed by atoms with Crippen molar-refractivity contribution in [2.24, 2.45) is 0 Å². The van der Waals surface area contributed by atoms with E-state index in [9.17, 15) is 17.6 Å². The van der Waals surface area contributed by atoms with Crippen LogP contribution in [0.15, 0.2) is 23.6 Å². The van der Waals surface area contributed by atoms with E-state index in [0.29, 0.717) is 37.9 Å². The lowest BCUT2D eigenvalue weighted by molar-refractivity contribution is -0.140. The van der Waals surface area contributed by atoms with Gasteiger partial charge in [0.05, 0.1) is 7.11 Å². The SMILES string of the molecule is COc1ccc(CN2CCN(c3nc(C(F)(F)F)cs3)CC2)cc1F. The molecular formula is C16H17F4N3OS. The van der Waals surface area contributed by atoms with Crippen molar-refractivity contribution in [1.82, 2.24) is 9.88 Å². The van der Waals surface area contributed by atoms with Gasteiger partial charge in [0.2, 0.25) is 0 Å². The number of nitrogens with zero attached hydrogens (tertiary/aromatic N) is 3. The van der Waals surface area contributed by atoms with Crippen molar-refractivity contribution < 1.29 is 22.3 Å². The maximum atomic E-state index is 13.7. The van der Waals surface area contributed by atoms with Crippen LogP contribution < -0.4 is 9.64 Å². The Bertz CT molecular complexity index is 726. The van der Waals surface area contributed by atoms with E-state index in [1.807, 2.05) is 11.0 Å². The average molecular weight is 375 g/mol. The number of aromatic nitrogens is 1. The lowest BCUT2D eigenvalue weighted by atomic mass is 10.2. The average Bonchev–Trinajstić information content (AvgIpc) is 3.06. The van der Waals surface area contributed by atoms with Crippen LogP contribution in [0.4, 0.5) is 22.7 Å². The van der Waals surface area contributed by atoms with E-state index in [-0.39, 0.29) is 5.75 Å². The number of anilines is 1. The van der Waals surface area contributed by atoms with Crippen LogP contribution in [0.3, 0.4) is 0 Å². The number of hydrogen-bond donors (Lipinski definition) is 0. The predicted octanol–water partition coefficient (Wildman–Crippen LogP) is 3.63. The molecule has 0 N–H and O–H groups in total. The number of benzene rings is 1. The molecule has 2 aromatic rings. The molecule has 9 heteroatoms. The minimum atomic E-state index is -4.41. The van der Waals surface area contributed by atoms with Crippen molar-refractivity contribution in [3.05, 3.63) is 40.7 Å². The maximum Gasteiger partial charge on any atom is 0.434 e. The summed E-state index contributed by atoms with van der Waals surface area (Å²) >= 11 is 1.01. The van der Waals surface area contributed by atoms with Gasteiger partial charge in [0.1, 0.15) is 0 Å². The van der Waals surface area contributed by atoms with Gasteiger partial charge in [-0.25, -0.2) is 9.37 Å². The zero-order valence-electron chi connectivity index (χ0n) is 13.5. The number of halogens is 4. The van der Waals surface area contributed by atoms with Gasteiger partial charge in [-0.05, 0) is 17.7 Å². The quantitative estimate of drug-likeness (QED) is 0.763. The lowest BCUT2D eigenvalue weighted by Gasteiger charge is -2.34. The lowest BCUT2D eigenvalue weighted by Crippen LogP contribution is -2.46. The van der Waals surface area contributed by atoms with Crippen molar-refractivity contribution in [1.29, 1.82) is 0 Å². The van der Waals surface area contributed by atoms with Crippen molar-refractivity contribution in [3.63, 3.8) is 0 Å². The van der Waals surface area contributed by atoms with Crippen LogP contribution in [0, 0.1) is 5.82 Å². The third-order valence-corrected chi connectivity index (χ3v) is 4.95. The third-order valence-electron chi connectivity index (χ3n) is 4.05. The Labute approximate surface area is 146 Å². The molecule has 0 radical (unpaired) electrons. The summed E-state index contributed by atoms with van der Waals surface area (Å²) < 4.78 is 56.5. The summed E-state index contributed by atoms with van der Waals surface area (Å²) in [6.07, 6.45) is -4.41. The van der Waals surface area contributed by atoms with Crippen LogP contribution >= 0.6 is 11.3 Å². The van der Waals surface area contributed by atoms with E-state index in [1.54, 1.807) is 6.07 Å². The fourth-order valence-electron chi connectivity index (χ4n) is 2.70. The van der Waals surface area contributed by atoms with Gasteiger partial charge in [-0.15, -0.1) is 11.3 Å². The highest BCUT2D eigenvalue weighted by Crippen LogP contribution is 2.33. The topological polar surface area (TPSA) is 28.6 Å². The van der Waals surface area contributed by atoms with E-state index in [4.69, 9.17) is 4.74 Å². The van der Waals surface area contributed by atoms with Gasteiger partial charge >= 0.3 is 6.18 Å². The van der Waals surface area contributed by atoms with Gasteiger partial charge in [0, 0.05) is 38.1 Å². The van der Waals surface area contributed by atoms with Crippen molar-refractivity contribution in [3.8, 4) is 5.75 Å². The number of ether oxygens (including phenoxy) is 1. The molecule has 3 rings (SSSR count). The Morgan fingerprint density at radius 1 is 1.20 bits per heavy atom. The standard InChI is InChI=1S/C16H17F4N3OS/c1-24-13-3-2-11(8-12(13)17)9-22-4-6-23(7-5-22)15-21-14(10-25-15)16(18,19)20/h2-3,8,10H,4-7,9H2,1H3. The van der Waals surface area contributed by atoms with Crippen molar-refractivity contribution >= 4 is 16.5 Å². The summed E-state index contributed by atoms with van der Waals surface area (Å²) in [7, 11) is 1.42. The number of thiazole rings is 1. The summed E-state index contributed by atoms with van der Waals surface area (Å²) in [6.45, 7) is 3.11. The van der Waals surface area contributed by atoms with E-state index in [2.05, 4.69) is 9.88 Å². The fourth-order valence-corrected chi connectivity index (χ4v) is 3.59. The number of alkyl halides is 3. The summed E-state index contributed by atoms with van der Waals surface area (Å²) in [5, 5.41) is 1.43. The number of methoxy groups -OCH3 is 1. The van der Waals surface area contributed by atoms with Crippen LogP contribution in [-0.4, -0.2) is 43.2 Å². The second kappa shape index (κ2) is 7.17. The maximum absolute atomic E-state index is 13.7. The van der Waals surface area contributed by atoms with Crippen LogP contribution in [0.5, 0.6) is 5.75 Å². The molecule has 1 aliphatic heterocycles. The van der Waals surface area contributed by atoms with Crippen molar-refractivity contribution in [2.75, 3.05) is 38.2 Å². The second-order valence-electron chi connectivity index (χ2n) is 5.75. The second-order valence-corrected chi connectivity index (χ2v) is 6.58. The first-order valence-electron chi connectivity index (χ1n) is 7.69. The minimum absolute atomic E-state index is 0.206. The van der Waals surface area contributed by atoms with Gasteiger partial charge in [0.15, 0.2) is 22.4 Å². The fraction of sp³-hybridized carbons (Fsp3) is 0.438. The highest BCUT2D eigenvalue weighted by Gasteiger charge is 2.34. The monoisotopic (exact) mass is 375 g/mol. The molecule has 25 heavy (non-hydrogen) atoms. The van der Waals surface area contributed by atoms with Gasteiger partial charge in [-0.3, -0.25) is 4.90 Å². The Balaban J connectivity index is 1.57. The minimum Gasteiger partial charge on any atom is -0.494 e. The van der Waals surface area contributed by atoms with Gasteiger partial charge in [-0.2, -0.15) is 13.2 Å². The first-order chi connectivity index (χ1) is 11.9. The molecule has 0 saturated carbocycles. The first kappa shape index (κ1) is 17.9. The molecular weight excluding hydrogens is 358 g/mol. The molecule has 1 fully saturated rings. The zero-order valence-corrected chi connectivity index (χ0v) is 14.3. The van der Waals surface area contributed by atoms with Crippen LogP contribution in [0.1, 0.15) is 11.3 Å². The molecule has 1 aromatic heterocycles. The Morgan fingerprint density at radius 3 is 2.48 bits per heavy atom. The Morgan fingerprint density at radius 2 is 1.92 bits per heavy atom. The zero-order chi connectivity index (χ0) is 18.0. The molecule has 0 spiro atoms. The summed E-state index contributed by atoms with van der Waals surface area (Å²) in [6, 6.07) is 4.85. The molecule has 0 atom stereocenters. The summed E-state index contributed by atoms with van der Waals surface area (Å²) in [5.41, 5.74) is -0.0102. The molecule has 4 nitrogen and oxygen atoms in total. The van der Waals surface area contributed by atoms with E-state index < -0.39 is 17.7 Å². The number of rotatable bonds is 4. The Hall–Kier alpha value is -1.87. The van der Waals surface area contributed by atoms with Crippen LogP contribution in [0.2, 0.25) is 0 Å². The van der Waals surface area contributed by atoms with Crippen molar-refractivity contribution in [2.45, 2.75) is 12.7 Å².